The lowest BCUT2D eigenvalue weighted by Gasteiger charge is -2.35. The van der Waals surface area contributed by atoms with E-state index in [0.29, 0.717) is 38.3 Å². The van der Waals surface area contributed by atoms with Crippen molar-refractivity contribution in [3.05, 3.63) is 11.9 Å². The molecule has 1 aromatic rings. The van der Waals surface area contributed by atoms with Crippen LogP contribution in [0.2, 0.25) is 0 Å². The molecule has 2 rings (SSSR count). The van der Waals surface area contributed by atoms with Gasteiger partial charge >= 0.3 is 6.03 Å². The summed E-state index contributed by atoms with van der Waals surface area (Å²) in [5.74, 6) is 0.224. The Labute approximate surface area is 131 Å². The third-order valence-corrected chi connectivity index (χ3v) is 3.95. The van der Waals surface area contributed by atoms with Gasteiger partial charge in [-0.25, -0.2) is 4.79 Å². The minimum atomic E-state index is -0.861. The molecular formula is C15H26N4O3. The van der Waals surface area contributed by atoms with Crippen molar-refractivity contribution >= 4 is 11.7 Å². The van der Waals surface area contributed by atoms with Crippen LogP contribution in [0.15, 0.2) is 6.20 Å². The summed E-state index contributed by atoms with van der Waals surface area (Å²) in [4.78, 5) is 13.9. The fraction of sp³-hybridized carbons (Fsp3) is 0.733. The Kier molecular flexibility index (Phi) is 5.08. The van der Waals surface area contributed by atoms with Crippen LogP contribution in [0.1, 0.15) is 38.3 Å². The molecule has 2 N–H and O–H groups in total. The molecule has 7 nitrogen and oxygen atoms in total. The first-order valence-electron chi connectivity index (χ1n) is 7.66. The van der Waals surface area contributed by atoms with Gasteiger partial charge in [-0.2, -0.15) is 5.10 Å². The van der Waals surface area contributed by atoms with Crippen LogP contribution in [0.5, 0.6) is 0 Å². The largest absolute Gasteiger partial charge is 0.388 e. The van der Waals surface area contributed by atoms with Crippen molar-refractivity contribution < 1.29 is 14.6 Å². The maximum Gasteiger partial charge on any atom is 0.321 e. The van der Waals surface area contributed by atoms with Crippen molar-refractivity contribution in [1.29, 1.82) is 0 Å². The van der Waals surface area contributed by atoms with Gasteiger partial charge in [0.2, 0.25) is 0 Å². The third kappa shape index (κ3) is 3.98. The predicted octanol–water partition coefficient (Wildman–Crippen LogP) is 1.55. The van der Waals surface area contributed by atoms with Gasteiger partial charge in [0.15, 0.2) is 0 Å². The highest BCUT2D eigenvalue weighted by Gasteiger charge is 2.32. The Morgan fingerprint density at radius 3 is 2.77 bits per heavy atom. The van der Waals surface area contributed by atoms with Crippen LogP contribution in [0.4, 0.5) is 10.5 Å². The monoisotopic (exact) mass is 310 g/mol. The normalized spacial score (nSPS) is 17.5. The molecule has 7 heteroatoms. The van der Waals surface area contributed by atoms with E-state index in [1.165, 1.54) is 4.90 Å². The number of carbonyl (C=O) groups excluding carboxylic acids is 1. The molecule has 1 saturated heterocycles. The van der Waals surface area contributed by atoms with Gasteiger partial charge in [0.1, 0.15) is 0 Å². The molecule has 0 bridgehead atoms. The fourth-order valence-electron chi connectivity index (χ4n) is 2.66. The summed E-state index contributed by atoms with van der Waals surface area (Å²) in [5.41, 5.74) is 0.711. The molecule has 0 spiro atoms. The van der Waals surface area contributed by atoms with Crippen molar-refractivity contribution in [2.45, 2.75) is 38.2 Å². The molecule has 0 aliphatic carbocycles. The molecule has 1 aliphatic heterocycles. The summed E-state index contributed by atoms with van der Waals surface area (Å²) in [6, 6.07) is -0.241. The molecule has 0 aromatic carbocycles. The first kappa shape index (κ1) is 16.8. The van der Waals surface area contributed by atoms with E-state index in [1.807, 2.05) is 20.9 Å². The quantitative estimate of drug-likeness (QED) is 0.884. The van der Waals surface area contributed by atoms with Crippen molar-refractivity contribution in [3.8, 4) is 0 Å². The number of aliphatic hydroxyl groups is 1. The number of urea groups is 1. The van der Waals surface area contributed by atoms with Gasteiger partial charge in [-0.15, -0.1) is 0 Å². The Morgan fingerprint density at radius 2 is 2.18 bits per heavy atom. The summed E-state index contributed by atoms with van der Waals surface area (Å²) in [6.45, 7) is 5.43. The third-order valence-electron chi connectivity index (χ3n) is 3.95. The van der Waals surface area contributed by atoms with Crippen LogP contribution in [0.3, 0.4) is 0 Å². The van der Waals surface area contributed by atoms with Crippen molar-refractivity contribution in [2.24, 2.45) is 7.05 Å². The minimum Gasteiger partial charge on any atom is -0.388 e. The molecule has 1 aliphatic rings. The van der Waals surface area contributed by atoms with Crippen LogP contribution in [0.25, 0.3) is 0 Å². The average molecular weight is 310 g/mol. The first-order valence-corrected chi connectivity index (χ1v) is 7.66. The minimum absolute atomic E-state index is 0.224. The molecule has 22 heavy (non-hydrogen) atoms. The number of ether oxygens (including phenoxy) is 1. The van der Waals surface area contributed by atoms with Crippen LogP contribution in [-0.4, -0.2) is 58.2 Å². The van der Waals surface area contributed by atoms with Gasteiger partial charge < -0.3 is 20.1 Å². The maximum atomic E-state index is 12.3. The number of nitrogens with zero attached hydrogens (tertiary/aromatic N) is 3. The highest BCUT2D eigenvalue weighted by atomic mass is 16.5. The second-order valence-electron chi connectivity index (χ2n) is 6.38. The standard InChI is InChI=1S/C15H26N4O3/c1-11(2)13-12(9-19(4)17-13)16-14(20)18(3)10-15(21)5-7-22-8-6-15/h9,11,21H,5-8,10H2,1-4H3,(H,16,20). The van der Waals surface area contributed by atoms with Crippen LogP contribution >= 0.6 is 0 Å². The summed E-state index contributed by atoms with van der Waals surface area (Å²) in [5, 5.41) is 17.7. The van der Waals surface area contributed by atoms with E-state index < -0.39 is 5.60 Å². The van der Waals surface area contributed by atoms with Gasteiger partial charge in [0.25, 0.3) is 0 Å². The van der Waals surface area contributed by atoms with Crippen LogP contribution < -0.4 is 5.32 Å². The molecule has 0 radical (unpaired) electrons. The van der Waals surface area contributed by atoms with Gasteiger partial charge in [-0.1, -0.05) is 13.8 Å². The lowest BCUT2D eigenvalue weighted by atomic mass is 9.94. The highest BCUT2D eigenvalue weighted by molar-refractivity contribution is 5.89. The summed E-state index contributed by atoms with van der Waals surface area (Å²) in [7, 11) is 3.52. The van der Waals surface area contributed by atoms with E-state index in [0.717, 1.165) is 5.69 Å². The molecule has 1 fully saturated rings. The number of nitrogens with one attached hydrogen (secondary N) is 1. The van der Waals surface area contributed by atoms with E-state index in [4.69, 9.17) is 4.74 Å². The fourth-order valence-corrected chi connectivity index (χ4v) is 2.66. The van der Waals surface area contributed by atoms with E-state index in [2.05, 4.69) is 10.4 Å². The molecule has 1 aromatic heterocycles. The molecule has 0 saturated carbocycles. The van der Waals surface area contributed by atoms with Gasteiger partial charge in [0, 0.05) is 46.3 Å². The zero-order chi connectivity index (χ0) is 16.3. The molecule has 0 atom stereocenters. The number of hydrogen-bond donors (Lipinski definition) is 2. The van der Waals surface area contributed by atoms with E-state index in [9.17, 15) is 9.90 Å². The van der Waals surface area contributed by atoms with E-state index in [1.54, 1.807) is 17.9 Å². The molecular weight excluding hydrogens is 284 g/mol. The zero-order valence-corrected chi connectivity index (χ0v) is 13.8. The van der Waals surface area contributed by atoms with E-state index >= 15 is 0 Å². The van der Waals surface area contributed by atoms with Gasteiger partial charge in [-0.3, -0.25) is 4.68 Å². The van der Waals surface area contributed by atoms with Crippen LogP contribution in [0, 0.1) is 0 Å². The molecule has 0 unspecified atom stereocenters. The molecule has 2 heterocycles. The average Bonchev–Trinajstić information content (AvgIpc) is 2.80. The Balaban J connectivity index is 1.99. The lowest BCUT2D eigenvalue weighted by molar-refractivity contribution is -0.0717. The summed E-state index contributed by atoms with van der Waals surface area (Å²) >= 11 is 0. The predicted molar refractivity (Wildman–Crippen MR) is 83.9 cm³/mol. The SMILES string of the molecule is CC(C)c1nn(C)cc1NC(=O)N(C)CC1(O)CCOCC1. The smallest absolute Gasteiger partial charge is 0.321 e. The second-order valence-corrected chi connectivity index (χ2v) is 6.38. The van der Waals surface area contributed by atoms with Crippen molar-refractivity contribution in [3.63, 3.8) is 0 Å². The Bertz CT molecular complexity index is 521. The van der Waals surface area contributed by atoms with Crippen molar-refractivity contribution in [2.75, 3.05) is 32.1 Å². The van der Waals surface area contributed by atoms with Crippen LogP contribution in [-0.2, 0) is 11.8 Å². The topological polar surface area (TPSA) is 79.6 Å². The summed E-state index contributed by atoms with van der Waals surface area (Å²) in [6.07, 6.45) is 2.90. The van der Waals surface area contributed by atoms with Gasteiger partial charge in [0.05, 0.1) is 23.5 Å². The molecule has 124 valence electrons. The number of hydrogen-bond acceptors (Lipinski definition) is 4. The maximum absolute atomic E-state index is 12.3. The molecule has 2 amide bonds. The Hall–Kier alpha value is -1.60. The highest BCUT2D eigenvalue weighted by Crippen LogP contribution is 2.24. The number of aryl methyl sites for hydroxylation is 1. The zero-order valence-electron chi connectivity index (χ0n) is 13.8. The number of likely N-dealkylation sites (N-methyl/N-ethyl adjacent to an activating group) is 1. The van der Waals surface area contributed by atoms with Crippen molar-refractivity contribution in [1.82, 2.24) is 14.7 Å². The Morgan fingerprint density at radius 1 is 1.55 bits per heavy atom. The number of anilines is 1. The first-order chi connectivity index (χ1) is 10.3. The number of carbonyl (C=O) groups is 1. The summed E-state index contributed by atoms with van der Waals surface area (Å²) < 4.78 is 6.95. The number of amides is 2. The second kappa shape index (κ2) is 6.66. The lowest BCUT2D eigenvalue weighted by Crippen LogP contribution is -2.48. The van der Waals surface area contributed by atoms with E-state index in [-0.39, 0.29) is 11.9 Å². The number of aromatic nitrogens is 2. The van der Waals surface area contributed by atoms with Gasteiger partial charge in [-0.05, 0) is 5.92 Å². The number of rotatable bonds is 4.